The Morgan fingerprint density at radius 2 is 1.64 bits per heavy atom. The molecule has 4 nitrogen and oxygen atoms in total. The Morgan fingerprint density at radius 3 is 2.23 bits per heavy atom. The summed E-state index contributed by atoms with van der Waals surface area (Å²) in [6.07, 6.45) is 0. The van der Waals surface area contributed by atoms with E-state index >= 15 is 0 Å². The molecule has 2 rings (SSSR count). The molecular weight excluding hydrogens is 280 g/mol. The van der Waals surface area contributed by atoms with E-state index < -0.39 is 0 Å². The van der Waals surface area contributed by atoms with E-state index in [4.69, 9.17) is 14.2 Å². The van der Waals surface area contributed by atoms with E-state index in [0.717, 1.165) is 16.9 Å². The zero-order valence-electron chi connectivity index (χ0n) is 13.1. The van der Waals surface area contributed by atoms with Crippen LogP contribution in [0.4, 0.5) is 0 Å². The molecule has 0 saturated heterocycles. The lowest BCUT2D eigenvalue weighted by molar-refractivity contribution is 0.100. The smallest absolute Gasteiger partial charge is 0.163 e. The first-order valence-corrected chi connectivity index (χ1v) is 7.07. The van der Waals surface area contributed by atoms with Crippen LogP contribution in [0.2, 0.25) is 0 Å². The summed E-state index contributed by atoms with van der Waals surface area (Å²) in [4.78, 5) is 11.7. The lowest BCUT2D eigenvalue weighted by Crippen LogP contribution is -2.07. The molecule has 116 valence electrons. The van der Waals surface area contributed by atoms with Crippen molar-refractivity contribution in [2.75, 3.05) is 27.4 Å². The second-order valence-corrected chi connectivity index (χ2v) is 4.84. The number of carbonyl (C=O) groups is 1. The summed E-state index contributed by atoms with van der Waals surface area (Å²) in [5, 5.41) is 0. The van der Waals surface area contributed by atoms with Gasteiger partial charge in [0.1, 0.15) is 18.1 Å². The average molecular weight is 300 g/mol. The quantitative estimate of drug-likeness (QED) is 0.579. The Bertz CT molecular complexity index is 632. The van der Waals surface area contributed by atoms with Crippen molar-refractivity contribution in [3.63, 3.8) is 0 Å². The summed E-state index contributed by atoms with van der Waals surface area (Å²) in [7, 11) is 3.25. The summed E-state index contributed by atoms with van der Waals surface area (Å²) >= 11 is 0. The van der Waals surface area contributed by atoms with Gasteiger partial charge in [-0.15, -0.1) is 0 Å². The molecule has 22 heavy (non-hydrogen) atoms. The van der Waals surface area contributed by atoms with Crippen LogP contribution in [-0.4, -0.2) is 33.2 Å². The van der Waals surface area contributed by atoms with Crippen molar-refractivity contribution in [2.24, 2.45) is 0 Å². The molecule has 0 aromatic heterocycles. The maximum atomic E-state index is 11.7. The Balaban J connectivity index is 2.31. The topological polar surface area (TPSA) is 44.8 Å². The van der Waals surface area contributed by atoms with Crippen LogP contribution in [0, 0.1) is 0 Å². The van der Waals surface area contributed by atoms with Crippen molar-refractivity contribution < 1.29 is 19.0 Å². The van der Waals surface area contributed by atoms with Crippen molar-refractivity contribution >= 4 is 5.78 Å². The number of ether oxygens (including phenoxy) is 3. The van der Waals surface area contributed by atoms with Gasteiger partial charge in [0.2, 0.25) is 0 Å². The van der Waals surface area contributed by atoms with E-state index in [1.807, 2.05) is 36.4 Å². The van der Waals surface area contributed by atoms with Gasteiger partial charge >= 0.3 is 0 Å². The third-order valence-electron chi connectivity index (χ3n) is 3.33. The molecule has 0 saturated carbocycles. The minimum absolute atomic E-state index is 0.0197. The molecule has 0 amide bonds. The number of hydrogen-bond donors (Lipinski definition) is 0. The monoisotopic (exact) mass is 300 g/mol. The fourth-order valence-corrected chi connectivity index (χ4v) is 2.13. The summed E-state index contributed by atoms with van der Waals surface area (Å²) in [5.41, 5.74) is 2.60. The Hall–Kier alpha value is -2.33. The van der Waals surface area contributed by atoms with Crippen molar-refractivity contribution in [1.82, 2.24) is 0 Å². The zero-order valence-corrected chi connectivity index (χ0v) is 13.1. The lowest BCUT2D eigenvalue weighted by Gasteiger charge is -2.12. The molecule has 0 unspecified atom stereocenters. The maximum Gasteiger partial charge on any atom is 0.163 e. The normalized spacial score (nSPS) is 10.3. The number of hydrogen-bond acceptors (Lipinski definition) is 4. The third kappa shape index (κ3) is 3.86. The molecule has 0 heterocycles. The first-order valence-electron chi connectivity index (χ1n) is 7.07. The van der Waals surface area contributed by atoms with Crippen LogP contribution in [0.25, 0.3) is 11.1 Å². The SMILES string of the molecule is COCCOc1cc(-c2ccc(OC)cc2)ccc1C(C)=O. The van der Waals surface area contributed by atoms with Gasteiger partial charge < -0.3 is 14.2 Å². The number of benzene rings is 2. The second kappa shape index (κ2) is 7.61. The number of methoxy groups -OCH3 is 2. The molecule has 0 atom stereocenters. The van der Waals surface area contributed by atoms with Gasteiger partial charge in [-0.2, -0.15) is 0 Å². The first-order chi connectivity index (χ1) is 10.7. The maximum absolute atomic E-state index is 11.7. The lowest BCUT2D eigenvalue weighted by atomic mass is 10.0. The minimum atomic E-state index is -0.0197. The highest BCUT2D eigenvalue weighted by Gasteiger charge is 2.10. The second-order valence-electron chi connectivity index (χ2n) is 4.84. The van der Waals surface area contributed by atoms with Crippen LogP contribution in [0.1, 0.15) is 17.3 Å². The van der Waals surface area contributed by atoms with Crippen LogP contribution in [-0.2, 0) is 4.74 Å². The molecule has 0 fully saturated rings. The number of Topliss-reactive ketones (excluding diaryl/α,β-unsaturated/α-hetero) is 1. The van der Waals surface area contributed by atoms with Crippen molar-refractivity contribution in [3.8, 4) is 22.6 Å². The number of carbonyl (C=O) groups excluding carboxylic acids is 1. The van der Waals surface area contributed by atoms with Gasteiger partial charge in [-0.05, 0) is 42.3 Å². The highest BCUT2D eigenvalue weighted by Crippen LogP contribution is 2.29. The fraction of sp³-hybridized carbons (Fsp3) is 0.278. The average Bonchev–Trinajstić information content (AvgIpc) is 2.55. The molecule has 2 aromatic carbocycles. The highest BCUT2D eigenvalue weighted by atomic mass is 16.5. The van der Waals surface area contributed by atoms with Gasteiger partial charge in [0.05, 0.1) is 19.3 Å². The van der Waals surface area contributed by atoms with Gasteiger partial charge in [-0.25, -0.2) is 0 Å². The van der Waals surface area contributed by atoms with E-state index in [-0.39, 0.29) is 5.78 Å². The molecular formula is C18H20O4. The summed E-state index contributed by atoms with van der Waals surface area (Å²) in [5.74, 6) is 1.37. The Labute approximate surface area is 130 Å². The van der Waals surface area contributed by atoms with Gasteiger partial charge in [0.25, 0.3) is 0 Å². The van der Waals surface area contributed by atoms with Crippen LogP contribution < -0.4 is 9.47 Å². The predicted molar refractivity (Wildman–Crippen MR) is 85.8 cm³/mol. The molecule has 0 bridgehead atoms. The molecule has 0 aliphatic carbocycles. The summed E-state index contributed by atoms with van der Waals surface area (Å²) < 4.78 is 15.8. The van der Waals surface area contributed by atoms with Crippen molar-refractivity contribution in [3.05, 3.63) is 48.0 Å². The van der Waals surface area contributed by atoms with Crippen LogP contribution in [0.15, 0.2) is 42.5 Å². The highest BCUT2D eigenvalue weighted by molar-refractivity contribution is 5.97. The summed E-state index contributed by atoms with van der Waals surface area (Å²) in [6, 6.07) is 13.3. The zero-order chi connectivity index (χ0) is 15.9. The summed E-state index contributed by atoms with van der Waals surface area (Å²) in [6.45, 7) is 2.42. The molecule has 0 aliphatic heterocycles. The van der Waals surface area contributed by atoms with E-state index in [2.05, 4.69) is 0 Å². The van der Waals surface area contributed by atoms with E-state index in [1.165, 1.54) is 6.92 Å². The molecule has 0 N–H and O–H groups in total. The number of ketones is 1. The molecule has 2 aromatic rings. The first kappa shape index (κ1) is 16.0. The van der Waals surface area contributed by atoms with Gasteiger partial charge in [-0.1, -0.05) is 18.2 Å². The van der Waals surface area contributed by atoms with Gasteiger partial charge in [0.15, 0.2) is 5.78 Å². The van der Waals surface area contributed by atoms with Gasteiger partial charge in [-0.3, -0.25) is 4.79 Å². The molecule has 0 spiro atoms. The molecule has 0 aliphatic rings. The van der Waals surface area contributed by atoms with E-state index in [0.29, 0.717) is 24.5 Å². The van der Waals surface area contributed by atoms with E-state index in [1.54, 1.807) is 20.3 Å². The van der Waals surface area contributed by atoms with Crippen LogP contribution in [0.5, 0.6) is 11.5 Å². The molecule has 0 radical (unpaired) electrons. The van der Waals surface area contributed by atoms with Crippen molar-refractivity contribution in [1.29, 1.82) is 0 Å². The predicted octanol–water partition coefficient (Wildman–Crippen LogP) is 3.59. The Morgan fingerprint density at radius 1 is 0.955 bits per heavy atom. The largest absolute Gasteiger partial charge is 0.497 e. The van der Waals surface area contributed by atoms with Gasteiger partial charge in [0, 0.05) is 7.11 Å². The number of rotatable bonds is 7. The fourth-order valence-electron chi connectivity index (χ4n) is 2.13. The van der Waals surface area contributed by atoms with E-state index in [9.17, 15) is 4.79 Å². The Kier molecular flexibility index (Phi) is 5.55. The van der Waals surface area contributed by atoms with Crippen LogP contribution >= 0.6 is 0 Å². The minimum Gasteiger partial charge on any atom is -0.497 e. The van der Waals surface area contributed by atoms with Crippen LogP contribution in [0.3, 0.4) is 0 Å². The standard InChI is InChI=1S/C18H20O4/c1-13(19)17-9-6-15(12-18(17)22-11-10-20-2)14-4-7-16(21-3)8-5-14/h4-9,12H,10-11H2,1-3H3. The molecule has 4 heteroatoms. The third-order valence-corrected chi connectivity index (χ3v) is 3.33. The van der Waals surface area contributed by atoms with Crippen molar-refractivity contribution in [2.45, 2.75) is 6.92 Å².